The van der Waals surface area contributed by atoms with Crippen LogP contribution in [0.5, 0.6) is 0 Å². The van der Waals surface area contributed by atoms with Gasteiger partial charge in [0.15, 0.2) is 0 Å². The van der Waals surface area contributed by atoms with Gasteiger partial charge in [-0.05, 0) is 118 Å². The summed E-state index contributed by atoms with van der Waals surface area (Å²) in [6, 6.07) is 86.2. The van der Waals surface area contributed by atoms with Gasteiger partial charge in [0, 0.05) is 57.1 Å². The lowest BCUT2D eigenvalue weighted by molar-refractivity contribution is 0.976. The SMILES string of the molecule is c1ccc(C(c2cccc(N(c3ccccc3)c3ccccc3)c2)c2ccc3c(c2)N(c2ccccc2)c2cccc4c2B3c2ccccc2N4c2ccccc2)cc1. The average Bonchev–Trinajstić information content (AvgIpc) is 3.31. The van der Waals surface area contributed by atoms with E-state index in [4.69, 9.17) is 0 Å². The van der Waals surface area contributed by atoms with Gasteiger partial charge < -0.3 is 14.7 Å². The fraction of sp³-hybridized carbons (Fsp3) is 0.0182. The maximum absolute atomic E-state index is 2.50. The second-order valence-electron chi connectivity index (χ2n) is 15.3. The molecular weight excluding hydrogens is 713 g/mol. The Kier molecular flexibility index (Phi) is 8.67. The number of hydrogen-bond donors (Lipinski definition) is 0. The van der Waals surface area contributed by atoms with E-state index in [2.05, 4.69) is 251 Å². The third-order valence-electron chi connectivity index (χ3n) is 11.9. The molecule has 0 amide bonds. The van der Waals surface area contributed by atoms with E-state index in [0.29, 0.717) is 0 Å². The van der Waals surface area contributed by atoms with E-state index in [1.807, 2.05) is 0 Å². The summed E-state index contributed by atoms with van der Waals surface area (Å²) < 4.78 is 0. The predicted molar refractivity (Wildman–Crippen MR) is 249 cm³/mol. The van der Waals surface area contributed by atoms with Crippen molar-refractivity contribution in [3.63, 3.8) is 0 Å². The molecule has 0 spiro atoms. The second kappa shape index (κ2) is 14.7. The highest BCUT2D eigenvalue weighted by molar-refractivity contribution is 7.00. The van der Waals surface area contributed by atoms with Crippen molar-refractivity contribution in [3.05, 3.63) is 253 Å². The van der Waals surface area contributed by atoms with Crippen molar-refractivity contribution in [3.8, 4) is 0 Å². The smallest absolute Gasteiger partial charge is 0.252 e. The molecule has 1 atom stereocenters. The standard InChI is InChI=1S/C55H40BN3/c1-6-20-40(21-7-1)54(41-22-18-31-47(38-41)57(43-23-8-2-9-24-43)44-25-10-3-11-26-44)42-36-37-49-53(39-42)59(46-29-14-5-15-30-46)52-35-19-34-51-55(52)56(49)48-32-16-17-33-50(48)58(51)45-27-12-4-13-28-45/h1-39,54H. The van der Waals surface area contributed by atoms with Crippen LogP contribution in [0.2, 0.25) is 0 Å². The first kappa shape index (κ1) is 34.7. The fourth-order valence-corrected chi connectivity index (χ4v) is 9.46. The summed E-state index contributed by atoms with van der Waals surface area (Å²) in [7, 11) is 0. The number of para-hydroxylation sites is 5. The lowest BCUT2D eigenvalue weighted by Gasteiger charge is -2.44. The van der Waals surface area contributed by atoms with Gasteiger partial charge in [0.2, 0.25) is 0 Å². The summed E-state index contributed by atoms with van der Waals surface area (Å²) in [5.41, 5.74) is 18.2. The molecule has 0 fully saturated rings. The molecule has 0 aromatic heterocycles. The van der Waals surface area contributed by atoms with E-state index in [1.165, 1.54) is 55.8 Å². The maximum atomic E-state index is 2.50. The number of fused-ring (bicyclic) bond motifs is 4. The van der Waals surface area contributed by atoms with Crippen molar-refractivity contribution in [2.24, 2.45) is 0 Å². The van der Waals surface area contributed by atoms with E-state index in [9.17, 15) is 0 Å². The van der Waals surface area contributed by atoms with Crippen molar-refractivity contribution >= 4 is 74.3 Å². The summed E-state index contributed by atoms with van der Waals surface area (Å²) in [5, 5.41) is 0. The molecule has 9 aromatic rings. The zero-order chi connectivity index (χ0) is 39.1. The first-order valence-corrected chi connectivity index (χ1v) is 20.4. The monoisotopic (exact) mass is 753 g/mol. The molecular formula is C55H40BN3. The fourth-order valence-electron chi connectivity index (χ4n) is 9.46. The van der Waals surface area contributed by atoms with E-state index >= 15 is 0 Å². The van der Waals surface area contributed by atoms with Crippen LogP contribution in [0, 0.1) is 0 Å². The van der Waals surface area contributed by atoms with Crippen LogP contribution in [0.3, 0.4) is 0 Å². The summed E-state index contributed by atoms with van der Waals surface area (Å²) in [6.45, 7) is 0.0604. The molecule has 0 radical (unpaired) electrons. The van der Waals surface area contributed by atoms with Crippen LogP contribution < -0.4 is 31.1 Å². The summed E-state index contributed by atoms with van der Waals surface area (Å²) in [4.78, 5) is 7.29. The molecule has 0 aliphatic carbocycles. The molecule has 0 N–H and O–H groups in total. The Morgan fingerprint density at radius 1 is 0.322 bits per heavy atom. The highest BCUT2D eigenvalue weighted by Gasteiger charge is 2.43. The van der Waals surface area contributed by atoms with Gasteiger partial charge >= 0.3 is 0 Å². The Hall–Kier alpha value is -7.56. The Labute approximate surface area is 346 Å². The molecule has 2 aliphatic heterocycles. The lowest BCUT2D eigenvalue weighted by Crippen LogP contribution is -2.61. The van der Waals surface area contributed by atoms with Gasteiger partial charge in [0.1, 0.15) is 0 Å². The molecule has 2 aliphatic rings. The highest BCUT2D eigenvalue weighted by atomic mass is 15.2. The molecule has 278 valence electrons. The van der Waals surface area contributed by atoms with E-state index in [1.54, 1.807) is 0 Å². The van der Waals surface area contributed by atoms with Gasteiger partial charge in [-0.3, -0.25) is 0 Å². The molecule has 0 saturated carbocycles. The number of benzene rings is 9. The number of anilines is 9. The van der Waals surface area contributed by atoms with E-state index in [0.717, 1.165) is 28.4 Å². The molecule has 1 unspecified atom stereocenters. The van der Waals surface area contributed by atoms with Crippen LogP contribution in [0.1, 0.15) is 22.6 Å². The third-order valence-corrected chi connectivity index (χ3v) is 11.9. The van der Waals surface area contributed by atoms with Crippen LogP contribution in [-0.4, -0.2) is 6.71 Å². The van der Waals surface area contributed by atoms with Crippen LogP contribution in [-0.2, 0) is 0 Å². The minimum absolute atomic E-state index is 0.0209. The molecule has 9 aromatic carbocycles. The Bertz CT molecular complexity index is 2860. The Morgan fingerprint density at radius 3 is 1.39 bits per heavy atom. The first-order chi connectivity index (χ1) is 29.3. The zero-order valence-electron chi connectivity index (χ0n) is 32.5. The van der Waals surface area contributed by atoms with Crippen LogP contribution in [0.25, 0.3) is 0 Å². The quantitative estimate of drug-likeness (QED) is 0.113. The van der Waals surface area contributed by atoms with Gasteiger partial charge in [-0.25, -0.2) is 0 Å². The predicted octanol–water partition coefficient (Wildman–Crippen LogP) is 12.4. The second-order valence-corrected chi connectivity index (χ2v) is 15.3. The minimum atomic E-state index is -0.0209. The maximum Gasteiger partial charge on any atom is 0.252 e. The summed E-state index contributed by atoms with van der Waals surface area (Å²) >= 11 is 0. The van der Waals surface area contributed by atoms with Crippen LogP contribution in [0.4, 0.5) is 51.2 Å². The van der Waals surface area contributed by atoms with Crippen LogP contribution in [0.15, 0.2) is 237 Å². The Balaban J connectivity index is 1.12. The summed E-state index contributed by atoms with van der Waals surface area (Å²) in [5.74, 6) is -0.0209. The average molecular weight is 754 g/mol. The van der Waals surface area contributed by atoms with Gasteiger partial charge in [-0.2, -0.15) is 0 Å². The molecule has 0 bridgehead atoms. The number of nitrogens with zero attached hydrogens (tertiary/aromatic N) is 3. The van der Waals surface area contributed by atoms with Gasteiger partial charge in [0.05, 0.1) is 0 Å². The largest absolute Gasteiger partial charge is 0.311 e. The summed E-state index contributed by atoms with van der Waals surface area (Å²) in [6.07, 6.45) is 0. The van der Waals surface area contributed by atoms with E-state index in [-0.39, 0.29) is 12.6 Å². The van der Waals surface area contributed by atoms with Gasteiger partial charge in [-0.1, -0.05) is 152 Å². The molecule has 59 heavy (non-hydrogen) atoms. The number of rotatable bonds is 8. The molecule has 4 heteroatoms. The van der Waals surface area contributed by atoms with Crippen molar-refractivity contribution in [2.45, 2.75) is 5.92 Å². The minimum Gasteiger partial charge on any atom is -0.311 e. The van der Waals surface area contributed by atoms with Gasteiger partial charge in [-0.15, -0.1) is 0 Å². The lowest BCUT2D eigenvalue weighted by atomic mass is 9.33. The van der Waals surface area contributed by atoms with E-state index < -0.39 is 0 Å². The van der Waals surface area contributed by atoms with Crippen molar-refractivity contribution in [2.75, 3.05) is 14.7 Å². The normalized spacial score (nSPS) is 12.9. The molecule has 11 rings (SSSR count). The first-order valence-electron chi connectivity index (χ1n) is 20.4. The third kappa shape index (κ3) is 6.00. The molecule has 2 heterocycles. The topological polar surface area (TPSA) is 9.72 Å². The van der Waals surface area contributed by atoms with Crippen molar-refractivity contribution in [1.82, 2.24) is 0 Å². The molecule has 0 saturated heterocycles. The van der Waals surface area contributed by atoms with Crippen molar-refractivity contribution < 1.29 is 0 Å². The van der Waals surface area contributed by atoms with Gasteiger partial charge in [0.25, 0.3) is 6.71 Å². The Morgan fingerprint density at radius 2 is 0.763 bits per heavy atom. The zero-order valence-corrected chi connectivity index (χ0v) is 32.5. The van der Waals surface area contributed by atoms with Crippen LogP contribution >= 0.6 is 0 Å². The van der Waals surface area contributed by atoms with Crippen molar-refractivity contribution in [1.29, 1.82) is 0 Å². The number of hydrogen-bond acceptors (Lipinski definition) is 3. The highest BCUT2D eigenvalue weighted by Crippen LogP contribution is 2.45. The molecule has 3 nitrogen and oxygen atoms in total.